The molecule has 3 rings (SSSR count). The zero-order chi connectivity index (χ0) is 15.5. The van der Waals surface area contributed by atoms with E-state index in [1.807, 2.05) is 30.3 Å². The third kappa shape index (κ3) is 3.14. The minimum atomic E-state index is -0.467. The molecule has 5 heteroatoms. The van der Waals surface area contributed by atoms with Crippen molar-refractivity contribution in [2.75, 3.05) is 0 Å². The Morgan fingerprint density at radius 3 is 2.32 bits per heavy atom. The first-order valence-electron chi connectivity index (χ1n) is 7.06. The molecule has 0 spiro atoms. The molecule has 1 saturated carbocycles. The maximum atomic E-state index is 12.8. The van der Waals surface area contributed by atoms with Crippen LogP contribution in [0.4, 0.5) is 4.39 Å². The van der Waals surface area contributed by atoms with Gasteiger partial charge in [0, 0.05) is 11.5 Å². The Morgan fingerprint density at radius 2 is 1.64 bits per heavy atom. The van der Waals surface area contributed by atoms with E-state index < -0.39 is 11.7 Å². The molecule has 2 N–H and O–H groups in total. The van der Waals surface area contributed by atoms with E-state index in [4.69, 9.17) is 0 Å². The fourth-order valence-electron chi connectivity index (χ4n) is 2.44. The number of nitrogens with one attached hydrogen (secondary N) is 2. The summed E-state index contributed by atoms with van der Waals surface area (Å²) in [4.78, 5) is 23.8. The van der Waals surface area contributed by atoms with Crippen molar-refractivity contribution in [3.63, 3.8) is 0 Å². The van der Waals surface area contributed by atoms with Crippen molar-refractivity contribution in [2.24, 2.45) is 5.92 Å². The number of hydrazine groups is 1. The van der Waals surface area contributed by atoms with Gasteiger partial charge in [-0.15, -0.1) is 0 Å². The minimum Gasteiger partial charge on any atom is -0.273 e. The van der Waals surface area contributed by atoms with Gasteiger partial charge >= 0.3 is 0 Å². The Bertz CT molecular complexity index is 686. The Kier molecular flexibility index (Phi) is 3.87. The quantitative estimate of drug-likeness (QED) is 0.855. The number of carbonyl (C=O) groups is 2. The first-order chi connectivity index (χ1) is 10.6. The molecule has 2 amide bonds. The highest BCUT2D eigenvalue weighted by Crippen LogP contribution is 2.47. The largest absolute Gasteiger partial charge is 0.273 e. The Morgan fingerprint density at radius 1 is 0.955 bits per heavy atom. The topological polar surface area (TPSA) is 58.2 Å². The first kappa shape index (κ1) is 14.3. The average molecular weight is 298 g/mol. The molecule has 4 nitrogen and oxygen atoms in total. The summed E-state index contributed by atoms with van der Waals surface area (Å²) in [5.41, 5.74) is 6.20. The molecule has 2 unspecified atom stereocenters. The lowest BCUT2D eigenvalue weighted by Crippen LogP contribution is -2.42. The van der Waals surface area contributed by atoms with Gasteiger partial charge in [0.1, 0.15) is 5.82 Å². The summed E-state index contributed by atoms with van der Waals surface area (Å²) in [6.45, 7) is 0. The van der Waals surface area contributed by atoms with E-state index in [1.54, 1.807) is 0 Å². The van der Waals surface area contributed by atoms with Crippen LogP contribution in [0.1, 0.15) is 28.3 Å². The number of benzene rings is 2. The van der Waals surface area contributed by atoms with Crippen LogP contribution in [0.2, 0.25) is 0 Å². The van der Waals surface area contributed by atoms with Crippen LogP contribution in [0, 0.1) is 11.7 Å². The summed E-state index contributed by atoms with van der Waals surface area (Å²) in [5.74, 6) is -0.987. The van der Waals surface area contributed by atoms with Crippen LogP contribution in [0.15, 0.2) is 54.6 Å². The highest BCUT2D eigenvalue weighted by molar-refractivity contribution is 5.95. The number of carbonyl (C=O) groups excluding carboxylic acids is 2. The van der Waals surface area contributed by atoms with Gasteiger partial charge in [-0.1, -0.05) is 30.3 Å². The van der Waals surface area contributed by atoms with Crippen molar-refractivity contribution in [3.05, 3.63) is 71.5 Å². The lowest BCUT2D eigenvalue weighted by molar-refractivity contribution is -0.123. The molecule has 2 atom stereocenters. The van der Waals surface area contributed by atoms with Gasteiger partial charge in [0.25, 0.3) is 5.91 Å². The molecule has 22 heavy (non-hydrogen) atoms. The smallest absolute Gasteiger partial charge is 0.269 e. The maximum absolute atomic E-state index is 12.8. The van der Waals surface area contributed by atoms with E-state index in [-0.39, 0.29) is 23.3 Å². The van der Waals surface area contributed by atoms with Gasteiger partial charge < -0.3 is 0 Å². The highest BCUT2D eigenvalue weighted by atomic mass is 19.1. The standard InChI is InChI=1S/C17H15FN2O2/c18-13-8-6-12(7-9-13)16(21)19-20-17(22)15-10-14(15)11-4-2-1-3-5-11/h1-9,14-15H,10H2,(H,19,21)(H,20,22). The third-order valence-electron chi connectivity index (χ3n) is 3.76. The summed E-state index contributed by atoms with van der Waals surface area (Å²) in [6, 6.07) is 14.9. The molecule has 1 aliphatic carbocycles. The second-order valence-corrected chi connectivity index (χ2v) is 5.31. The van der Waals surface area contributed by atoms with E-state index in [9.17, 15) is 14.0 Å². The number of hydrogen-bond donors (Lipinski definition) is 2. The van der Waals surface area contributed by atoms with Crippen LogP contribution in [-0.4, -0.2) is 11.8 Å². The molecular weight excluding hydrogens is 283 g/mol. The molecule has 1 aliphatic rings. The zero-order valence-electron chi connectivity index (χ0n) is 11.8. The van der Waals surface area contributed by atoms with Crippen LogP contribution in [0.5, 0.6) is 0 Å². The number of halogens is 1. The van der Waals surface area contributed by atoms with Crippen LogP contribution in [0.3, 0.4) is 0 Å². The van der Waals surface area contributed by atoms with Gasteiger partial charge in [0.2, 0.25) is 5.91 Å². The van der Waals surface area contributed by atoms with Crippen LogP contribution in [0.25, 0.3) is 0 Å². The van der Waals surface area contributed by atoms with Crippen molar-refractivity contribution in [1.29, 1.82) is 0 Å². The van der Waals surface area contributed by atoms with Gasteiger partial charge in [0.05, 0.1) is 0 Å². The Balaban J connectivity index is 1.51. The Labute approximate surface area is 127 Å². The van der Waals surface area contributed by atoms with Gasteiger partial charge in [-0.3, -0.25) is 20.4 Å². The molecule has 0 heterocycles. The maximum Gasteiger partial charge on any atom is 0.269 e. The summed E-state index contributed by atoms with van der Waals surface area (Å²) >= 11 is 0. The minimum absolute atomic E-state index is 0.115. The summed E-state index contributed by atoms with van der Waals surface area (Å²) in [6.07, 6.45) is 0.780. The molecule has 0 bridgehead atoms. The second kappa shape index (κ2) is 5.97. The fourth-order valence-corrected chi connectivity index (χ4v) is 2.44. The van der Waals surface area contributed by atoms with Crippen molar-refractivity contribution in [3.8, 4) is 0 Å². The SMILES string of the molecule is O=C(NNC(=O)C1CC1c1ccccc1)c1ccc(F)cc1. The summed E-state index contributed by atoms with van der Waals surface area (Å²) in [5, 5.41) is 0. The zero-order valence-corrected chi connectivity index (χ0v) is 11.8. The molecule has 2 aromatic carbocycles. The molecule has 0 radical (unpaired) electrons. The van der Waals surface area contributed by atoms with E-state index in [1.165, 1.54) is 24.3 Å². The van der Waals surface area contributed by atoms with Crippen LogP contribution < -0.4 is 10.9 Å². The molecule has 0 saturated heterocycles. The van der Waals surface area contributed by atoms with Crippen molar-refractivity contribution < 1.29 is 14.0 Å². The molecule has 0 aliphatic heterocycles. The predicted molar refractivity (Wildman–Crippen MR) is 79.3 cm³/mol. The first-order valence-corrected chi connectivity index (χ1v) is 7.06. The summed E-state index contributed by atoms with van der Waals surface area (Å²) in [7, 11) is 0. The average Bonchev–Trinajstić information content (AvgIpc) is 3.34. The van der Waals surface area contributed by atoms with Crippen LogP contribution in [-0.2, 0) is 4.79 Å². The van der Waals surface area contributed by atoms with Gasteiger partial charge in [-0.05, 0) is 42.2 Å². The molecular formula is C17H15FN2O2. The van der Waals surface area contributed by atoms with E-state index in [0.29, 0.717) is 0 Å². The van der Waals surface area contributed by atoms with E-state index in [0.717, 1.165) is 12.0 Å². The lowest BCUT2D eigenvalue weighted by atomic mass is 10.1. The fraction of sp³-hybridized carbons (Fsp3) is 0.176. The van der Waals surface area contributed by atoms with Crippen molar-refractivity contribution in [2.45, 2.75) is 12.3 Å². The molecule has 1 fully saturated rings. The van der Waals surface area contributed by atoms with Crippen molar-refractivity contribution >= 4 is 11.8 Å². The number of rotatable bonds is 3. The monoisotopic (exact) mass is 298 g/mol. The molecule has 0 aromatic heterocycles. The highest BCUT2D eigenvalue weighted by Gasteiger charge is 2.43. The lowest BCUT2D eigenvalue weighted by Gasteiger charge is -2.07. The molecule has 112 valence electrons. The number of amides is 2. The van der Waals surface area contributed by atoms with Gasteiger partial charge in [-0.25, -0.2) is 4.39 Å². The van der Waals surface area contributed by atoms with E-state index >= 15 is 0 Å². The van der Waals surface area contributed by atoms with Crippen molar-refractivity contribution in [1.82, 2.24) is 10.9 Å². The van der Waals surface area contributed by atoms with Crippen LogP contribution >= 0.6 is 0 Å². The van der Waals surface area contributed by atoms with Gasteiger partial charge in [-0.2, -0.15) is 0 Å². The predicted octanol–water partition coefficient (Wildman–Crippen LogP) is 2.39. The second-order valence-electron chi connectivity index (χ2n) is 5.31. The third-order valence-corrected chi connectivity index (χ3v) is 3.76. The normalized spacial score (nSPS) is 19.3. The van der Waals surface area contributed by atoms with Gasteiger partial charge in [0.15, 0.2) is 0 Å². The number of hydrogen-bond acceptors (Lipinski definition) is 2. The van der Waals surface area contributed by atoms with E-state index in [2.05, 4.69) is 10.9 Å². The Hall–Kier alpha value is -2.69. The molecule has 2 aromatic rings. The summed E-state index contributed by atoms with van der Waals surface area (Å²) < 4.78 is 12.8.